The third kappa shape index (κ3) is 4.95. The fourth-order valence-corrected chi connectivity index (χ4v) is 6.36. The summed E-state index contributed by atoms with van der Waals surface area (Å²) >= 11 is 0. The molecule has 0 radical (unpaired) electrons. The number of nitrogens with zero attached hydrogens (tertiary/aromatic N) is 5. The summed E-state index contributed by atoms with van der Waals surface area (Å²) in [6.45, 7) is 0. The van der Waals surface area contributed by atoms with Crippen molar-refractivity contribution in [2.24, 2.45) is 0 Å². The Hall–Kier alpha value is -6.59. The van der Waals surface area contributed by atoms with Gasteiger partial charge in [-0.05, 0) is 59.7 Å². The molecule has 5 aromatic carbocycles. The SMILES string of the molecule is c1ccc(-c2ccc3cc(-c4ccc5nc(-c6ccccc6)nc(-c6ccccc6)c5c4)c4ccc(-c5ccccn5)nc4c3n2)cc1. The largest absolute Gasteiger partial charge is 0.255 e. The lowest BCUT2D eigenvalue weighted by Gasteiger charge is -2.14. The Morgan fingerprint density at radius 3 is 1.81 bits per heavy atom. The zero-order valence-electron chi connectivity index (χ0n) is 25.8. The van der Waals surface area contributed by atoms with E-state index in [1.807, 2.05) is 78.9 Å². The highest BCUT2D eigenvalue weighted by Gasteiger charge is 2.17. The number of aromatic nitrogens is 5. The maximum Gasteiger partial charge on any atom is 0.160 e. The summed E-state index contributed by atoms with van der Waals surface area (Å²) in [6.07, 6.45) is 1.80. The minimum Gasteiger partial charge on any atom is -0.255 e. The Kier molecular flexibility index (Phi) is 6.72. The first-order chi connectivity index (χ1) is 23.8. The van der Waals surface area contributed by atoms with Gasteiger partial charge in [-0.15, -0.1) is 0 Å². The van der Waals surface area contributed by atoms with Gasteiger partial charge in [-0.3, -0.25) is 4.98 Å². The van der Waals surface area contributed by atoms with Gasteiger partial charge in [0.15, 0.2) is 5.82 Å². The first-order valence-corrected chi connectivity index (χ1v) is 15.9. The van der Waals surface area contributed by atoms with Crippen molar-refractivity contribution in [1.82, 2.24) is 24.9 Å². The molecule has 0 saturated carbocycles. The van der Waals surface area contributed by atoms with Gasteiger partial charge in [0.05, 0.1) is 39.3 Å². The van der Waals surface area contributed by atoms with Crippen molar-refractivity contribution in [1.29, 1.82) is 0 Å². The van der Waals surface area contributed by atoms with Crippen molar-refractivity contribution in [3.63, 3.8) is 0 Å². The molecule has 9 rings (SSSR count). The van der Waals surface area contributed by atoms with Crippen LogP contribution in [0.25, 0.3) is 89.1 Å². The second-order valence-corrected chi connectivity index (χ2v) is 11.7. The standard InChI is InChI=1S/C43H27N5/c1-4-12-28(13-5-1)36-22-20-32-27-34(33-21-24-39(38-18-10-11-25-44-38)46-42(33)41(32)45-36)31-19-23-37-35(26-31)40(29-14-6-2-7-15-29)48-43(47-37)30-16-8-3-9-17-30/h1-27H. The van der Waals surface area contributed by atoms with Crippen molar-refractivity contribution >= 4 is 32.7 Å². The molecule has 9 aromatic rings. The van der Waals surface area contributed by atoms with E-state index in [1.165, 1.54) is 0 Å². The molecule has 4 heterocycles. The fourth-order valence-electron chi connectivity index (χ4n) is 6.36. The number of rotatable bonds is 5. The summed E-state index contributed by atoms with van der Waals surface area (Å²) in [7, 11) is 0. The molecule has 0 saturated heterocycles. The maximum absolute atomic E-state index is 5.22. The molecule has 5 heteroatoms. The highest BCUT2D eigenvalue weighted by molar-refractivity contribution is 6.12. The van der Waals surface area contributed by atoms with Crippen LogP contribution in [0.4, 0.5) is 0 Å². The molecule has 0 unspecified atom stereocenters. The number of hydrogen-bond donors (Lipinski definition) is 0. The van der Waals surface area contributed by atoms with E-state index < -0.39 is 0 Å². The van der Waals surface area contributed by atoms with Gasteiger partial charge in [0.1, 0.15) is 0 Å². The van der Waals surface area contributed by atoms with Gasteiger partial charge in [0.25, 0.3) is 0 Å². The lowest BCUT2D eigenvalue weighted by atomic mass is 9.94. The second-order valence-electron chi connectivity index (χ2n) is 11.7. The summed E-state index contributed by atoms with van der Waals surface area (Å²) in [6, 6.07) is 53.8. The van der Waals surface area contributed by atoms with Crippen LogP contribution in [0.15, 0.2) is 164 Å². The first kappa shape index (κ1) is 27.7. The van der Waals surface area contributed by atoms with Crippen molar-refractivity contribution in [3.05, 3.63) is 164 Å². The monoisotopic (exact) mass is 613 g/mol. The molecular formula is C43H27N5. The highest BCUT2D eigenvalue weighted by atomic mass is 14.9. The third-order valence-corrected chi connectivity index (χ3v) is 8.72. The summed E-state index contributed by atoms with van der Waals surface area (Å²) < 4.78 is 0. The molecule has 0 amide bonds. The molecule has 0 bridgehead atoms. The molecule has 0 aliphatic rings. The topological polar surface area (TPSA) is 64.5 Å². The van der Waals surface area contributed by atoms with E-state index in [4.69, 9.17) is 19.9 Å². The number of pyridine rings is 3. The summed E-state index contributed by atoms with van der Waals surface area (Å²) in [5.74, 6) is 0.706. The number of fused-ring (bicyclic) bond motifs is 4. The van der Waals surface area contributed by atoms with Crippen LogP contribution in [0.5, 0.6) is 0 Å². The van der Waals surface area contributed by atoms with Crippen LogP contribution in [0, 0.1) is 0 Å². The Morgan fingerprint density at radius 2 is 1.06 bits per heavy atom. The van der Waals surface area contributed by atoms with E-state index >= 15 is 0 Å². The molecule has 224 valence electrons. The number of benzene rings is 5. The first-order valence-electron chi connectivity index (χ1n) is 15.9. The molecule has 5 nitrogen and oxygen atoms in total. The normalized spacial score (nSPS) is 11.3. The maximum atomic E-state index is 5.22. The van der Waals surface area contributed by atoms with E-state index in [0.717, 1.165) is 83.3 Å². The number of hydrogen-bond acceptors (Lipinski definition) is 5. The molecule has 0 aliphatic heterocycles. The quantitative estimate of drug-likeness (QED) is 0.181. The van der Waals surface area contributed by atoms with Crippen molar-refractivity contribution < 1.29 is 0 Å². The molecule has 4 aromatic heterocycles. The van der Waals surface area contributed by atoms with Gasteiger partial charge in [-0.2, -0.15) is 0 Å². The molecule has 0 atom stereocenters. The Bertz CT molecular complexity index is 2590. The molecular weight excluding hydrogens is 587 g/mol. The van der Waals surface area contributed by atoms with Gasteiger partial charge >= 0.3 is 0 Å². The average molecular weight is 614 g/mol. The zero-order valence-corrected chi connectivity index (χ0v) is 25.8. The van der Waals surface area contributed by atoms with Crippen LogP contribution in [0.1, 0.15) is 0 Å². The lowest BCUT2D eigenvalue weighted by molar-refractivity contribution is 1.23. The predicted molar refractivity (Wildman–Crippen MR) is 195 cm³/mol. The molecule has 48 heavy (non-hydrogen) atoms. The van der Waals surface area contributed by atoms with Crippen molar-refractivity contribution in [2.45, 2.75) is 0 Å². The van der Waals surface area contributed by atoms with Crippen LogP contribution < -0.4 is 0 Å². The van der Waals surface area contributed by atoms with Gasteiger partial charge in [-0.25, -0.2) is 19.9 Å². The van der Waals surface area contributed by atoms with Crippen molar-refractivity contribution in [3.8, 4) is 56.4 Å². The van der Waals surface area contributed by atoms with E-state index in [9.17, 15) is 0 Å². The highest BCUT2D eigenvalue weighted by Crippen LogP contribution is 2.38. The Labute approximate surface area is 277 Å². The van der Waals surface area contributed by atoms with Crippen LogP contribution in [-0.2, 0) is 0 Å². The Balaban J connectivity index is 1.29. The van der Waals surface area contributed by atoms with Crippen LogP contribution in [0.3, 0.4) is 0 Å². The van der Waals surface area contributed by atoms with Gasteiger partial charge in [-0.1, -0.05) is 109 Å². The zero-order chi connectivity index (χ0) is 31.9. The van der Waals surface area contributed by atoms with Gasteiger partial charge in [0, 0.05) is 39.0 Å². The van der Waals surface area contributed by atoms with Crippen LogP contribution >= 0.6 is 0 Å². The van der Waals surface area contributed by atoms with E-state index in [-0.39, 0.29) is 0 Å². The smallest absolute Gasteiger partial charge is 0.160 e. The average Bonchev–Trinajstić information content (AvgIpc) is 3.18. The molecule has 0 fully saturated rings. The van der Waals surface area contributed by atoms with Crippen LogP contribution in [-0.4, -0.2) is 24.9 Å². The predicted octanol–water partition coefficient (Wildman–Crippen LogP) is 10.5. The van der Waals surface area contributed by atoms with E-state index in [1.54, 1.807) is 6.20 Å². The molecule has 0 aliphatic carbocycles. The minimum absolute atomic E-state index is 0.706. The van der Waals surface area contributed by atoms with Gasteiger partial charge < -0.3 is 0 Å². The molecule has 0 N–H and O–H groups in total. The van der Waals surface area contributed by atoms with Crippen LogP contribution in [0.2, 0.25) is 0 Å². The second kappa shape index (κ2) is 11.6. The summed E-state index contributed by atoms with van der Waals surface area (Å²) in [5.41, 5.74) is 11.2. The third-order valence-electron chi connectivity index (χ3n) is 8.72. The lowest BCUT2D eigenvalue weighted by Crippen LogP contribution is -1.96. The van der Waals surface area contributed by atoms with Gasteiger partial charge in [0.2, 0.25) is 0 Å². The van der Waals surface area contributed by atoms with E-state index in [0.29, 0.717) is 5.82 Å². The molecule has 0 spiro atoms. The Morgan fingerprint density at radius 1 is 0.375 bits per heavy atom. The van der Waals surface area contributed by atoms with E-state index in [2.05, 4.69) is 83.8 Å². The summed E-state index contributed by atoms with van der Waals surface area (Å²) in [4.78, 5) is 25.1. The minimum atomic E-state index is 0.706. The summed E-state index contributed by atoms with van der Waals surface area (Å²) in [5, 5.41) is 3.02. The van der Waals surface area contributed by atoms with Crippen molar-refractivity contribution in [2.75, 3.05) is 0 Å². The fraction of sp³-hybridized carbons (Fsp3) is 0.